The van der Waals surface area contributed by atoms with Crippen molar-refractivity contribution in [3.05, 3.63) is 65.7 Å². The van der Waals surface area contributed by atoms with Gasteiger partial charge in [-0.2, -0.15) is 0 Å². The van der Waals surface area contributed by atoms with E-state index in [-0.39, 0.29) is 13.2 Å². The first-order valence-corrected chi connectivity index (χ1v) is 8.96. The molecule has 27 heavy (non-hydrogen) atoms. The number of carbonyl (C=O) groups excluding carboxylic acids is 1. The summed E-state index contributed by atoms with van der Waals surface area (Å²) < 4.78 is 16.7. The lowest BCUT2D eigenvalue weighted by Gasteiger charge is -2.20. The lowest BCUT2D eigenvalue weighted by molar-refractivity contribution is -0.148. The fourth-order valence-corrected chi connectivity index (χ4v) is 3.05. The molecule has 3 rings (SSSR count). The molecule has 0 heterocycles. The van der Waals surface area contributed by atoms with Crippen LogP contribution in [-0.4, -0.2) is 32.4 Å². The number of rotatable bonds is 7. The fourth-order valence-electron chi connectivity index (χ4n) is 2.88. The van der Waals surface area contributed by atoms with Crippen LogP contribution in [0.5, 0.6) is 5.75 Å². The van der Waals surface area contributed by atoms with Crippen LogP contribution in [0.2, 0.25) is 5.02 Å². The van der Waals surface area contributed by atoms with Gasteiger partial charge in [-0.3, -0.25) is 0 Å². The highest BCUT2D eigenvalue weighted by Crippen LogP contribution is 2.36. The Morgan fingerprint density at radius 2 is 1.81 bits per heavy atom. The van der Waals surface area contributed by atoms with Crippen LogP contribution < -0.4 is 4.74 Å². The van der Waals surface area contributed by atoms with Crippen LogP contribution in [0.4, 0.5) is 0 Å². The molecule has 0 aliphatic rings. The summed E-state index contributed by atoms with van der Waals surface area (Å²) in [5, 5.41) is 4.59. The summed E-state index contributed by atoms with van der Waals surface area (Å²) in [6.45, 7) is 5.59. The number of esters is 1. The maximum atomic E-state index is 11.9. The molecule has 0 saturated carbocycles. The predicted molar refractivity (Wildman–Crippen MR) is 109 cm³/mol. The second-order valence-electron chi connectivity index (χ2n) is 6.37. The molecule has 0 N–H and O–H groups in total. The Morgan fingerprint density at radius 3 is 2.56 bits per heavy atom. The Balaban J connectivity index is 1.97. The van der Waals surface area contributed by atoms with Gasteiger partial charge in [0, 0.05) is 28.5 Å². The SMILES string of the molecule is C=C(C)C(=O)OC(COC)COc1c2ccccc2cc2ccc(Cl)cc12. The first kappa shape index (κ1) is 19.2. The second-order valence-corrected chi connectivity index (χ2v) is 6.80. The molecule has 0 fully saturated rings. The van der Waals surface area contributed by atoms with Gasteiger partial charge in [-0.15, -0.1) is 0 Å². The van der Waals surface area contributed by atoms with E-state index in [2.05, 4.69) is 12.6 Å². The largest absolute Gasteiger partial charge is 0.488 e. The molecule has 140 valence electrons. The van der Waals surface area contributed by atoms with Crippen molar-refractivity contribution < 1.29 is 19.0 Å². The second kappa shape index (κ2) is 8.42. The van der Waals surface area contributed by atoms with Gasteiger partial charge < -0.3 is 14.2 Å². The van der Waals surface area contributed by atoms with Gasteiger partial charge in [0.2, 0.25) is 0 Å². The standard InChI is InChI=1S/C22H21ClO4/c1-14(2)22(24)27-18(12-25-3)13-26-21-19-7-5-4-6-15(19)10-16-8-9-17(23)11-20(16)21/h4-11,18H,1,12-13H2,2-3H3. The van der Waals surface area contributed by atoms with Gasteiger partial charge in [0.15, 0.2) is 6.10 Å². The monoisotopic (exact) mass is 384 g/mol. The lowest BCUT2D eigenvalue weighted by atomic mass is 10.0. The van der Waals surface area contributed by atoms with Crippen LogP contribution in [0, 0.1) is 0 Å². The zero-order valence-corrected chi connectivity index (χ0v) is 16.1. The zero-order valence-electron chi connectivity index (χ0n) is 15.3. The molecular weight excluding hydrogens is 364 g/mol. The number of ether oxygens (including phenoxy) is 3. The molecular formula is C22H21ClO4. The van der Waals surface area contributed by atoms with E-state index in [1.165, 1.54) is 0 Å². The van der Waals surface area contributed by atoms with Gasteiger partial charge in [-0.1, -0.05) is 48.5 Å². The van der Waals surface area contributed by atoms with Gasteiger partial charge in [0.1, 0.15) is 12.4 Å². The highest BCUT2D eigenvalue weighted by molar-refractivity contribution is 6.31. The average Bonchev–Trinajstić information content (AvgIpc) is 2.65. The third-order valence-electron chi connectivity index (χ3n) is 4.16. The summed E-state index contributed by atoms with van der Waals surface area (Å²) in [6, 6.07) is 15.8. The Labute approximate surface area is 163 Å². The first-order valence-electron chi connectivity index (χ1n) is 8.59. The molecule has 0 aromatic heterocycles. The molecule has 5 heteroatoms. The normalized spacial score (nSPS) is 12.1. The van der Waals surface area contributed by atoms with E-state index in [1.54, 1.807) is 14.0 Å². The smallest absolute Gasteiger partial charge is 0.333 e. The van der Waals surface area contributed by atoms with E-state index < -0.39 is 12.1 Å². The lowest BCUT2D eigenvalue weighted by Crippen LogP contribution is -2.29. The molecule has 3 aromatic carbocycles. The van der Waals surface area contributed by atoms with Crippen molar-refractivity contribution in [2.45, 2.75) is 13.0 Å². The average molecular weight is 385 g/mol. The topological polar surface area (TPSA) is 44.8 Å². The fraction of sp³-hybridized carbons (Fsp3) is 0.227. The predicted octanol–water partition coefficient (Wildman–Crippen LogP) is 5.16. The van der Waals surface area contributed by atoms with E-state index in [0.29, 0.717) is 16.3 Å². The van der Waals surface area contributed by atoms with Crippen molar-refractivity contribution in [2.75, 3.05) is 20.3 Å². The van der Waals surface area contributed by atoms with E-state index in [9.17, 15) is 4.79 Å². The van der Waals surface area contributed by atoms with Gasteiger partial charge >= 0.3 is 5.97 Å². The third-order valence-corrected chi connectivity index (χ3v) is 4.40. The Kier molecular flexibility index (Phi) is 5.99. The molecule has 3 aromatic rings. The number of halogens is 1. The maximum absolute atomic E-state index is 11.9. The van der Waals surface area contributed by atoms with Crippen LogP contribution >= 0.6 is 11.6 Å². The van der Waals surface area contributed by atoms with Crippen LogP contribution in [-0.2, 0) is 14.3 Å². The van der Waals surface area contributed by atoms with Gasteiger partial charge in [-0.05, 0) is 35.9 Å². The van der Waals surface area contributed by atoms with Crippen molar-refractivity contribution in [2.24, 2.45) is 0 Å². The number of hydrogen-bond acceptors (Lipinski definition) is 4. The summed E-state index contributed by atoms with van der Waals surface area (Å²) in [4.78, 5) is 11.9. The van der Waals surface area contributed by atoms with E-state index >= 15 is 0 Å². The number of benzene rings is 3. The van der Waals surface area contributed by atoms with Crippen molar-refractivity contribution >= 4 is 39.1 Å². The minimum atomic E-state index is -0.549. The molecule has 0 aliphatic heterocycles. The zero-order chi connectivity index (χ0) is 19.4. The third kappa shape index (κ3) is 4.41. The van der Waals surface area contributed by atoms with Crippen molar-refractivity contribution in [1.82, 2.24) is 0 Å². The van der Waals surface area contributed by atoms with Crippen molar-refractivity contribution in [1.29, 1.82) is 0 Å². The molecule has 0 bridgehead atoms. The highest BCUT2D eigenvalue weighted by atomic mass is 35.5. The van der Waals surface area contributed by atoms with Crippen LogP contribution in [0.1, 0.15) is 6.92 Å². The van der Waals surface area contributed by atoms with Gasteiger partial charge in [-0.25, -0.2) is 4.79 Å². The summed E-state index contributed by atoms with van der Waals surface area (Å²) in [5.74, 6) is 0.240. The summed E-state index contributed by atoms with van der Waals surface area (Å²) in [7, 11) is 1.55. The van der Waals surface area contributed by atoms with Gasteiger partial charge in [0.05, 0.1) is 6.61 Å². The van der Waals surface area contributed by atoms with E-state index in [4.69, 9.17) is 25.8 Å². The molecule has 4 nitrogen and oxygen atoms in total. The quantitative estimate of drug-likeness (QED) is 0.320. The number of fused-ring (bicyclic) bond motifs is 2. The minimum Gasteiger partial charge on any atom is -0.488 e. The highest BCUT2D eigenvalue weighted by Gasteiger charge is 2.18. The molecule has 1 unspecified atom stereocenters. The van der Waals surface area contributed by atoms with Crippen LogP contribution in [0.15, 0.2) is 60.7 Å². The van der Waals surface area contributed by atoms with Crippen molar-refractivity contribution in [3.8, 4) is 5.75 Å². The number of methoxy groups -OCH3 is 1. The van der Waals surface area contributed by atoms with E-state index in [1.807, 2.05) is 42.5 Å². The number of hydrogen-bond donors (Lipinski definition) is 0. The number of carbonyl (C=O) groups is 1. The minimum absolute atomic E-state index is 0.155. The first-order chi connectivity index (χ1) is 13.0. The molecule has 0 aliphatic carbocycles. The maximum Gasteiger partial charge on any atom is 0.333 e. The molecule has 0 saturated heterocycles. The summed E-state index contributed by atoms with van der Waals surface area (Å²) >= 11 is 6.20. The molecule has 0 spiro atoms. The summed E-state index contributed by atoms with van der Waals surface area (Å²) in [6.07, 6.45) is -0.549. The van der Waals surface area contributed by atoms with Crippen LogP contribution in [0.3, 0.4) is 0 Å². The van der Waals surface area contributed by atoms with Gasteiger partial charge in [0.25, 0.3) is 0 Å². The van der Waals surface area contributed by atoms with Crippen molar-refractivity contribution in [3.63, 3.8) is 0 Å². The Hall–Kier alpha value is -2.56. The Morgan fingerprint density at radius 1 is 1.07 bits per heavy atom. The molecule has 0 radical (unpaired) electrons. The van der Waals surface area contributed by atoms with Crippen LogP contribution in [0.25, 0.3) is 21.5 Å². The summed E-state index contributed by atoms with van der Waals surface area (Å²) in [5.41, 5.74) is 0.332. The molecule has 0 amide bonds. The Bertz CT molecular complexity index is 996. The van der Waals surface area contributed by atoms with E-state index in [0.717, 1.165) is 21.5 Å². The molecule has 1 atom stereocenters.